The maximum Gasteiger partial charge on any atom is 0.230 e. The fourth-order valence-corrected chi connectivity index (χ4v) is 3.63. The second-order valence-corrected chi connectivity index (χ2v) is 7.19. The lowest BCUT2D eigenvalue weighted by molar-refractivity contribution is -0.119. The molecule has 5 nitrogen and oxygen atoms in total. The van der Waals surface area contributed by atoms with E-state index in [1.165, 1.54) is 29.5 Å². The van der Waals surface area contributed by atoms with E-state index in [4.69, 9.17) is 0 Å². The van der Waals surface area contributed by atoms with Gasteiger partial charge in [0.15, 0.2) is 5.16 Å². The Morgan fingerprint density at radius 2 is 2.38 bits per heavy atom. The molecule has 0 radical (unpaired) electrons. The van der Waals surface area contributed by atoms with Gasteiger partial charge < -0.3 is 9.88 Å². The lowest BCUT2D eigenvalue weighted by Crippen LogP contribution is -2.27. The molecule has 0 saturated heterocycles. The summed E-state index contributed by atoms with van der Waals surface area (Å²) in [5, 5.41) is 14.2. The highest BCUT2D eigenvalue weighted by Gasteiger charge is 2.29. The van der Waals surface area contributed by atoms with E-state index in [1.807, 2.05) is 36.1 Å². The molecule has 0 aromatic carbocycles. The molecule has 1 saturated carbocycles. The van der Waals surface area contributed by atoms with Crippen molar-refractivity contribution < 1.29 is 4.79 Å². The van der Waals surface area contributed by atoms with Crippen LogP contribution in [0.4, 0.5) is 0 Å². The first-order valence-corrected chi connectivity index (χ1v) is 8.86. The minimum atomic E-state index is 0.0249. The Morgan fingerprint density at radius 1 is 1.57 bits per heavy atom. The molecule has 2 aromatic heterocycles. The fourth-order valence-electron chi connectivity index (χ4n) is 2.17. The zero-order valence-corrected chi connectivity index (χ0v) is 13.7. The van der Waals surface area contributed by atoms with Crippen molar-refractivity contribution in [2.75, 3.05) is 5.75 Å². The summed E-state index contributed by atoms with van der Waals surface area (Å²) in [4.78, 5) is 13.2. The van der Waals surface area contributed by atoms with Crippen LogP contribution in [0.1, 0.15) is 42.4 Å². The van der Waals surface area contributed by atoms with Crippen LogP contribution in [0.2, 0.25) is 0 Å². The molecule has 0 unspecified atom stereocenters. The normalized spacial score (nSPS) is 15.9. The van der Waals surface area contributed by atoms with Gasteiger partial charge in [0.25, 0.3) is 0 Å². The molecule has 1 amide bonds. The number of amides is 1. The van der Waals surface area contributed by atoms with Gasteiger partial charge in [0.2, 0.25) is 5.91 Å². The van der Waals surface area contributed by atoms with E-state index in [0.717, 1.165) is 11.0 Å². The molecule has 1 aliphatic carbocycles. The van der Waals surface area contributed by atoms with Gasteiger partial charge in [-0.1, -0.05) is 17.8 Å². The van der Waals surface area contributed by atoms with Crippen molar-refractivity contribution >= 4 is 29.0 Å². The molecule has 21 heavy (non-hydrogen) atoms. The van der Waals surface area contributed by atoms with Gasteiger partial charge in [-0.25, -0.2) is 0 Å². The van der Waals surface area contributed by atoms with Crippen LogP contribution in [0.15, 0.2) is 22.7 Å². The Morgan fingerprint density at radius 3 is 3.05 bits per heavy atom. The molecular formula is C14H18N4OS2. The van der Waals surface area contributed by atoms with Crippen molar-refractivity contribution in [3.63, 3.8) is 0 Å². The quantitative estimate of drug-likeness (QED) is 0.831. The van der Waals surface area contributed by atoms with Gasteiger partial charge in [0.05, 0.1) is 11.8 Å². The van der Waals surface area contributed by atoms with Crippen LogP contribution in [0.3, 0.4) is 0 Å². The van der Waals surface area contributed by atoms with Crippen molar-refractivity contribution in [1.82, 2.24) is 20.1 Å². The number of thioether (sulfide) groups is 1. The molecule has 0 bridgehead atoms. The Kier molecular flexibility index (Phi) is 4.30. The molecule has 0 spiro atoms. The van der Waals surface area contributed by atoms with Crippen LogP contribution in [-0.4, -0.2) is 26.4 Å². The summed E-state index contributed by atoms with van der Waals surface area (Å²) < 4.78 is 2.01. The zero-order chi connectivity index (χ0) is 14.8. The van der Waals surface area contributed by atoms with E-state index in [0.29, 0.717) is 11.7 Å². The Balaban J connectivity index is 1.51. The average Bonchev–Trinajstić information content (AvgIpc) is 3.01. The Bertz CT molecular complexity index is 619. The van der Waals surface area contributed by atoms with E-state index in [1.54, 1.807) is 11.3 Å². The minimum absolute atomic E-state index is 0.0249. The smallest absolute Gasteiger partial charge is 0.230 e. The van der Waals surface area contributed by atoms with E-state index >= 15 is 0 Å². The number of rotatable bonds is 6. The van der Waals surface area contributed by atoms with E-state index in [2.05, 4.69) is 15.5 Å². The Labute approximate surface area is 132 Å². The average molecular weight is 322 g/mol. The highest BCUT2D eigenvalue weighted by molar-refractivity contribution is 7.99. The predicted molar refractivity (Wildman–Crippen MR) is 84.6 cm³/mol. The first kappa shape index (κ1) is 14.6. The molecule has 2 aromatic rings. The van der Waals surface area contributed by atoms with Gasteiger partial charge in [-0.2, -0.15) is 0 Å². The van der Waals surface area contributed by atoms with Crippen molar-refractivity contribution in [3.8, 4) is 0 Å². The fraction of sp³-hybridized carbons (Fsp3) is 0.500. The lowest BCUT2D eigenvalue weighted by atomic mass is 10.3. The standard InChI is InChI=1S/C14H18N4OS2/c1-9(11-4-3-7-20-11)15-12(19)8-21-14-17-16-13(18(14)2)10-5-6-10/h3-4,7,9-10H,5-6,8H2,1-2H3,(H,15,19)/t9-/m1/s1. The first-order valence-electron chi connectivity index (χ1n) is 7.00. The maximum atomic E-state index is 12.0. The molecule has 0 aliphatic heterocycles. The third kappa shape index (κ3) is 3.47. The number of carbonyl (C=O) groups is 1. The summed E-state index contributed by atoms with van der Waals surface area (Å²) in [6, 6.07) is 4.09. The third-order valence-electron chi connectivity index (χ3n) is 3.49. The van der Waals surface area contributed by atoms with Gasteiger partial charge in [0, 0.05) is 17.8 Å². The number of carbonyl (C=O) groups excluding carboxylic acids is 1. The monoisotopic (exact) mass is 322 g/mol. The maximum absolute atomic E-state index is 12.0. The van der Waals surface area contributed by atoms with E-state index < -0.39 is 0 Å². The topological polar surface area (TPSA) is 59.8 Å². The lowest BCUT2D eigenvalue weighted by Gasteiger charge is -2.11. The van der Waals surface area contributed by atoms with Gasteiger partial charge in [0.1, 0.15) is 5.82 Å². The molecule has 1 aliphatic rings. The van der Waals surface area contributed by atoms with E-state index in [9.17, 15) is 4.79 Å². The van der Waals surface area contributed by atoms with Crippen molar-refractivity contribution in [2.24, 2.45) is 7.05 Å². The number of aromatic nitrogens is 3. The predicted octanol–water partition coefficient (Wildman–Crippen LogP) is 2.72. The second kappa shape index (κ2) is 6.19. The van der Waals surface area contributed by atoms with Crippen molar-refractivity contribution in [2.45, 2.75) is 36.9 Å². The van der Waals surface area contributed by atoms with Gasteiger partial charge >= 0.3 is 0 Å². The summed E-state index contributed by atoms with van der Waals surface area (Å²) in [6.07, 6.45) is 2.41. The number of hydrogen-bond acceptors (Lipinski definition) is 5. The summed E-state index contributed by atoms with van der Waals surface area (Å²) in [5.41, 5.74) is 0. The molecule has 7 heteroatoms. The number of hydrogen-bond donors (Lipinski definition) is 1. The summed E-state index contributed by atoms with van der Waals surface area (Å²) in [7, 11) is 1.97. The molecule has 2 heterocycles. The molecule has 1 N–H and O–H groups in total. The Hall–Kier alpha value is -1.34. The molecule has 3 rings (SSSR count). The largest absolute Gasteiger partial charge is 0.348 e. The van der Waals surface area contributed by atoms with Crippen molar-refractivity contribution in [1.29, 1.82) is 0 Å². The van der Waals surface area contributed by atoms with Crippen LogP contribution in [0.25, 0.3) is 0 Å². The number of thiophene rings is 1. The zero-order valence-electron chi connectivity index (χ0n) is 12.1. The highest BCUT2D eigenvalue weighted by atomic mass is 32.2. The third-order valence-corrected chi connectivity index (χ3v) is 5.57. The first-order chi connectivity index (χ1) is 10.1. The van der Waals surface area contributed by atoms with Gasteiger partial charge in [-0.3, -0.25) is 4.79 Å². The highest BCUT2D eigenvalue weighted by Crippen LogP contribution is 2.39. The molecule has 1 atom stereocenters. The number of nitrogens with one attached hydrogen (secondary N) is 1. The second-order valence-electron chi connectivity index (χ2n) is 5.27. The van der Waals surface area contributed by atoms with Crippen LogP contribution >= 0.6 is 23.1 Å². The minimum Gasteiger partial charge on any atom is -0.348 e. The van der Waals surface area contributed by atoms with Gasteiger partial charge in [-0.05, 0) is 31.2 Å². The van der Waals surface area contributed by atoms with Crippen molar-refractivity contribution in [3.05, 3.63) is 28.2 Å². The summed E-state index contributed by atoms with van der Waals surface area (Å²) in [5.74, 6) is 2.01. The summed E-state index contributed by atoms with van der Waals surface area (Å²) >= 11 is 3.10. The van der Waals surface area contributed by atoms with Gasteiger partial charge in [-0.15, -0.1) is 21.5 Å². The van der Waals surface area contributed by atoms with Crippen LogP contribution in [-0.2, 0) is 11.8 Å². The van der Waals surface area contributed by atoms with Crippen LogP contribution < -0.4 is 5.32 Å². The van der Waals surface area contributed by atoms with Crippen LogP contribution in [0, 0.1) is 0 Å². The molecular weight excluding hydrogens is 304 g/mol. The number of nitrogens with zero attached hydrogens (tertiary/aromatic N) is 3. The summed E-state index contributed by atoms with van der Waals surface area (Å²) in [6.45, 7) is 2.00. The molecule has 112 valence electrons. The van der Waals surface area contributed by atoms with E-state index in [-0.39, 0.29) is 11.9 Å². The molecule has 1 fully saturated rings. The SMILES string of the molecule is C[C@@H](NC(=O)CSc1nnc(C2CC2)n1C)c1cccs1. The van der Waals surface area contributed by atoms with Crippen LogP contribution in [0.5, 0.6) is 0 Å².